The van der Waals surface area contributed by atoms with Crippen LogP contribution in [0.25, 0.3) is 0 Å². The van der Waals surface area contributed by atoms with Gasteiger partial charge in [-0.2, -0.15) is 4.31 Å². The molecule has 0 spiro atoms. The predicted molar refractivity (Wildman–Crippen MR) is 69.6 cm³/mol. The van der Waals surface area contributed by atoms with E-state index < -0.39 is 26.8 Å². The number of aliphatic carboxylic acids is 1. The summed E-state index contributed by atoms with van der Waals surface area (Å²) in [6, 6.07) is 4.51. The number of carbonyl (C=O) groups excluding carboxylic acids is 1. The van der Waals surface area contributed by atoms with Crippen LogP contribution < -0.4 is 5.11 Å². The maximum Gasteiger partial charge on any atom is 0.269 e. The topological polar surface area (TPSA) is 121 Å². The molecule has 0 bridgehead atoms. The molecule has 1 heterocycles. The van der Waals surface area contributed by atoms with Crippen LogP contribution in [0.2, 0.25) is 0 Å². The van der Waals surface area contributed by atoms with Crippen molar-refractivity contribution in [1.29, 1.82) is 0 Å². The summed E-state index contributed by atoms with van der Waals surface area (Å²) in [5.74, 6) is -2.09. The predicted octanol–water partition coefficient (Wildman–Crippen LogP) is -0.255. The second-order valence-corrected chi connectivity index (χ2v) is 6.71. The molecule has 21 heavy (non-hydrogen) atoms. The summed E-state index contributed by atoms with van der Waals surface area (Å²) in [5.41, 5.74) is -0.208. The average molecular weight is 313 g/mol. The van der Waals surface area contributed by atoms with Crippen molar-refractivity contribution in [3.63, 3.8) is 0 Å². The fourth-order valence-corrected chi connectivity index (χ4v) is 3.77. The van der Waals surface area contributed by atoms with Gasteiger partial charge in [-0.1, -0.05) is 0 Å². The molecule has 1 fully saturated rings. The Morgan fingerprint density at radius 3 is 2.43 bits per heavy atom. The van der Waals surface area contributed by atoms with E-state index in [1.54, 1.807) is 0 Å². The third-order valence-corrected chi connectivity index (χ3v) is 5.28. The van der Waals surface area contributed by atoms with Crippen molar-refractivity contribution in [2.45, 2.75) is 17.7 Å². The first kappa shape index (κ1) is 15.4. The number of non-ortho nitro benzene ring substituents is 1. The average Bonchev–Trinajstić information content (AvgIpc) is 2.47. The Labute approximate surface area is 121 Å². The van der Waals surface area contributed by atoms with E-state index in [9.17, 15) is 28.4 Å². The summed E-state index contributed by atoms with van der Waals surface area (Å²) in [6.45, 7) is 0.0881. The van der Waals surface area contributed by atoms with Gasteiger partial charge in [0.2, 0.25) is 10.0 Å². The number of rotatable bonds is 4. The number of hydrogen-bond acceptors (Lipinski definition) is 6. The van der Waals surface area contributed by atoms with E-state index in [1.807, 2.05) is 0 Å². The Morgan fingerprint density at radius 1 is 1.29 bits per heavy atom. The first-order chi connectivity index (χ1) is 9.82. The zero-order valence-corrected chi connectivity index (χ0v) is 11.8. The summed E-state index contributed by atoms with van der Waals surface area (Å²) < 4.78 is 25.8. The van der Waals surface area contributed by atoms with Crippen LogP contribution in [0.5, 0.6) is 0 Å². The molecule has 1 aromatic carbocycles. The van der Waals surface area contributed by atoms with Crippen molar-refractivity contribution in [3.8, 4) is 0 Å². The van der Waals surface area contributed by atoms with Crippen LogP contribution in [-0.4, -0.2) is 36.7 Å². The Hall–Kier alpha value is -2.00. The van der Waals surface area contributed by atoms with Gasteiger partial charge < -0.3 is 9.90 Å². The van der Waals surface area contributed by atoms with E-state index in [0.29, 0.717) is 12.8 Å². The lowest BCUT2D eigenvalue weighted by Gasteiger charge is -2.32. The van der Waals surface area contributed by atoms with Crippen molar-refractivity contribution >= 4 is 21.7 Å². The Kier molecular flexibility index (Phi) is 4.24. The zero-order valence-electron chi connectivity index (χ0n) is 11.0. The quantitative estimate of drug-likeness (QED) is 0.558. The minimum absolute atomic E-state index is 0.0907. The highest BCUT2D eigenvalue weighted by Gasteiger charge is 2.30. The van der Waals surface area contributed by atoms with Crippen LogP contribution in [0, 0.1) is 16.0 Å². The van der Waals surface area contributed by atoms with Gasteiger partial charge in [-0.05, 0) is 25.0 Å². The van der Waals surface area contributed by atoms with Gasteiger partial charge in [0.15, 0.2) is 0 Å². The lowest BCUT2D eigenvalue weighted by atomic mass is 10.0. The zero-order chi connectivity index (χ0) is 15.6. The van der Waals surface area contributed by atoms with Crippen LogP contribution in [0.1, 0.15) is 12.8 Å². The molecular weight excluding hydrogens is 300 g/mol. The second kappa shape index (κ2) is 5.78. The summed E-state index contributed by atoms with van der Waals surface area (Å²) in [5, 5.41) is 21.4. The summed E-state index contributed by atoms with van der Waals surface area (Å²) in [7, 11) is -3.85. The molecule has 0 saturated carbocycles. The molecule has 1 aliphatic rings. The smallest absolute Gasteiger partial charge is 0.269 e. The molecule has 1 aromatic rings. The number of carbonyl (C=O) groups is 1. The molecule has 1 saturated heterocycles. The first-order valence-corrected chi connectivity index (χ1v) is 7.72. The van der Waals surface area contributed by atoms with Gasteiger partial charge >= 0.3 is 0 Å². The van der Waals surface area contributed by atoms with E-state index in [2.05, 4.69) is 0 Å². The largest absolute Gasteiger partial charge is 0.550 e. The second-order valence-electron chi connectivity index (χ2n) is 4.77. The molecule has 0 radical (unpaired) electrons. The number of nitrogens with zero attached hydrogens (tertiary/aromatic N) is 2. The highest BCUT2D eigenvalue weighted by Crippen LogP contribution is 2.24. The fourth-order valence-electron chi connectivity index (χ4n) is 2.24. The van der Waals surface area contributed by atoms with Gasteiger partial charge in [-0.25, -0.2) is 8.42 Å². The summed E-state index contributed by atoms with van der Waals surface area (Å²) in [4.78, 5) is 20.7. The monoisotopic (exact) mass is 313 g/mol. The van der Waals surface area contributed by atoms with Crippen molar-refractivity contribution in [2.24, 2.45) is 5.92 Å². The van der Waals surface area contributed by atoms with Crippen LogP contribution in [0.4, 0.5) is 5.69 Å². The van der Waals surface area contributed by atoms with Crippen molar-refractivity contribution < 1.29 is 23.2 Å². The summed E-state index contributed by atoms with van der Waals surface area (Å²) in [6.07, 6.45) is 0.819. The molecule has 1 unspecified atom stereocenters. The molecule has 1 aliphatic heterocycles. The molecule has 9 heteroatoms. The van der Waals surface area contributed by atoms with E-state index in [4.69, 9.17) is 0 Å². The van der Waals surface area contributed by atoms with E-state index in [0.717, 1.165) is 28.6 Å². The first-order valence-electron chi connectivity index (χ1n) is 6.28. The van der Waals surface area contributed by atoms with E-state index in [1.165, 1.54) is 0 Å². The standard InChI is InChI=1S/C12H14N2O6S/c15-12(16)9-2-1-7-13(8-9)21(19,20)11-5-3-10(4-6-11)14(17)18/h3-6,9H,1-2,7-8H2,(H,15,16)/p-1. The third kappa shape index (κ3) is 3.19. The van der Waals surface area contributed by atoms with Crippen LogP contribution in [-0.2, 0) is 14.8 Å². The molecule has 2 rings (SSSR count). The Balaban J connectivity index is 2.24. The van der Waals surface area contributed by atoms with Gasteiger partial charge in [-0.15, -0.1) is 0 Å². The lowest BCUT2D eigenvalue weighted by Crippen LogP contribution is -2.46. The van der Waals surface area contributed by atoms with Gasteiger partial charge in [0.25, 0.3) is 5.69 Å². The third-order valence-electron chi connectivity index (χ3n) is 3.40. The number of sulfonamides is 1. The summed E-state index contributed by atoms with van der Waals surface area (Å²) >= 11 is 0. The molecular formula is C12H13N2O6S-. The minimum atomic E-state index is -3.85. The van der Waals surface area contributed by atoms with E-state index >= 15 is 0 Å². The Morgan fingerprint density at radius 2 is 1.90 bits per heavy atom. The molecule has 114 valence electrons. The van der Waals surface area contributed by atoms with Gasteiger partial charge in [0, 0.05) is 37.1 Å². The number of nitro benzene ring substituents is 1. The fraction of sp³-hybridized carbons (Fsp3) is 0.417. The van der Waals surface area contributed by atoms with E-state index in [-0.39, 0.29) is 23.7 Å². The normalized spacial score (nSPS) is 20.1. The molecule has 8 nitrogen and oxygen atoms in total. The molecule has 0 amide bonds. The highest BCUT2D eigenvalue weighted by molar-refractivity contribution is 7.89. The van der Waals surface area contributed by atoms with Gasteiger partial charge in [-0.3, -0.25) is 10.1 Å². The number of benzene rings is 1. The molecule has 0 aromatic heterocycles. The van der Waals surface area contributed by atoms with Crippen LogP contribution in [0.3, 0.4) is 0 Å². The minimum Gasteiger partial charge on any atom is -0.550 e. The SMILES string of the molecule is O=C([O-])C1CCCN(S(=O)(=O)c2ccc([N+](=O)[O-])cc2)C1. The Bertz CT molecular complexity index is 655. The van der Waals surface area contributed by atoms with Crippen LogP contribution in [0.15, 0.2) is 29.2 Å². The van der Waals surface area contributed by atoms with Crippen molar-refractivity contribution in [3.05, 3.63) is 34.4 Å². The molecule has 1 atom stereocenters. The van der Waals surface area contributed by atoms with Crippen LogP contribution >= 0.6 is 0 Å². The highest BCUT2D eigenvalue weighted by atomic mass is 32.2. The molecule has 0 aliphatic carbocycles. The lowest BCUT2D eigenvalue weighted by molar-refractivity contribution is -0.384. The maximum atomic E-state index is 12.4. The number of carboxylic acid groups (broad SMARTS) is 1. The number of nitro groups is 1. The van der Waals surface area contributed by atoms with Crippen molar-refractivity contribution in [2.75, 3.05) is 13.1 Å². The number of carboxylic acids is 1. The van der Waals surface area contributed by atoms with Gasteiger partial charge in [0.05, 0.1) is 9.82 Å². The van der Waals surface area contributed by atoms with Gasteiger partial charge in [0.1, 0.15) is 0 Å². The molecule has 0 N–H and O–H groups in total. The maximum absolute atomic E-state index is 12.4. The number of piperidine rings is 1. The van der Waals surface area contributed by atoms with Crippen molar-refractivity contribution in [1.82, 2.24) is 4.31 Å². The number of hydrogen-bond donors (Lipinski definition) is 0.